The lowest BCUT2D eigenvalue weighted by molar-refractivity contribution is -0.138. The van der Waals surface area contributed by atoms with E-state index < -0.39 is 36.4 Å². The molecule has 2 fully saturated rings. The van der Waals surface area contributed by atoms with Crippen LogP contribution in [0.4, 0.5) is 9.59 Å². The van der Waals surface area contributed by atoms with Crippen molar-refractivity contribution in [3.63, 3.8) is 0 Å². The zero-order valence-corrected chi connectivity index (χ0v) is 36.0. The molecule has 0 spiro atoms. The van der Waals surface area contributed by atoms with E-state index in [9.17, 15) is 24.3 Å². The van der Waals surface area contributed by atoms with Crippen LogP contribution in [-0.2, 0) is 30.4 Å². The molecular formula is C45H54N8O9. The lowest BCUT2D eigenvalue weighted by atomic mass is 9.92. The molecule has 328 valence electrons. The van der Waals surface area contributed by atoms with Gasteiger partial charge in [0, 0.05) is 43.7 Å². The molecule has 2 aromatic heterocycles. The number of benzene rings is 3. The van der Waals surface area contributed by atoms with Crippen LogP contribution in [0.15, 0.2) is 48.7 Å². The molecule has 0 radical (unpaired) electrons. The summed E-state index contributed by atoms with van der Waals surface area (Å²) in [5, 5.41) is 16.4. The van der Waals surface area contributed by atoms with Crippen LogP contribution >= 0.6 is 0 Å². The van der Waals surface area contributed by atoms with Crippen molar-refractivity contribution in [3.05, 3.63) is 65.9 Å². The van der Waals surface area contributed by atoms with E-state index in [1.54, 1.807) is 30.0 Å². The van der Waals surface area contributed by atoms with Gasteiger partial charge in [0.05, 0.1) is 54.8 Å². The standard InChI is InChI=1S/C45H54N8O9/c1-22(2)37(50-44(56)57)43(55)53-23(3)8-13-34(53)40-46-18-33(48-40)27-9-11-29-28(15-27)21-62-36-17-30-26(16-31(29)36)10-12-32-39(30)49-41(47-32)35-14-25(20-59-5)19-52(35)42(54)38(24(4)60-6)51-45(58)61-7/h9-12,15-18,22-25,34-35,37-38,50H,8,13-14,19-21H2,1-7H3,(H,46,48)(H,47,49)(H,51,58)(H,56,57)/t23?,24-,25?,34+,35+,37+,38+/m1/s1. The molecule has 3 aliphatic heterocycles. The highest BCUT2D eigenvalue weighted by atomic mass is 16.5. The van der Waals surface area contributed by atoms with Crippen LogP contribution in [-0.4, -0.2) is 118 Å². The fourth-order valence-corrected chi connectivity index (χ4v) is 9.38. The Hall–Kier alpha value is -6.20. The Morgan fingerprint density at radius 1 is 0.935 bits per heavy atom. The molecule has 7 atom stereocenters. The van der Waals surface area contributed by atoms with Crippen LogP contribution in [0.25, 0.3) is 44.2 Å². The van der Waals surface area contributed by atoms with Gasteiger partial charge in [0.1, 0.15) is 36.1 Å². The Kier molecular flexibility index (Phi) is 11.8. The lowest BCUT2D eigenvalue weighted by Crippen LogP contribution is -2.54. The number of fused-ring (bicyclic) bond motifs is 6. The third kappa shape index (κ3) is 7.90. The number of carbonyl (C=O) groups excluding carboxylic acids is 3. The first-order valence-electron chi connectivity index (χ1n) is 21.1. The fourth-order valence-electron chi connectivity index (χ4n) is 9.38. The molecule has 17 nitrogen and oxygen atoms in total. The summed E-state index contributed by atoms with van der Waals surface area (Å²) in [5.41, 5.74) is 6.33. The van der Waals surface area contributed by atoms with Gasteiger partial charge in [0.2, 0.25) is 11.8 Å². The number of ether oxygens (including phenoxy) is 4. The highest BCUT2D eigenvalue weighted by Crippen LogP contribution is 2.44. The van der Waals surface area contributed by atoms with Gasteiger partial charge < -0.3 is 54.5 Å². The number of nitrogens with zero attached hydrogens (tertiary/aromatic N) is 4. The summed E-state index contributed by atoms with van der Waals surface area (Å²) in [6.45, 7) is 8.60. The van der Waals surface area contributed by atoms with Crippen molar-refractivity contribution in [3.8, 4) is 28.1 Å². The third-order valence-electron chi connectivity index (χ3n) is 12.7. The quantitative estimate of drug-likeness (QED) is 0.0939. The Labute approximate surface area is 358 Å². The van der Waals surface area contributed by atoms with Crippen LogP contribution in [0.5, 0.6) is 5.75 Å². The van der Waals surface area contributed by atoms with Crippen LogP contribution in [0.2, 0.25) is 0 Å². The van der Waals surface area contributed by atoms with Gasteiger partial charge >= 0.3 is 12.2 Å². The van der Waals surface area contributed by atoms with Gasteiger partial charge in [-0.05, 0) is 85.4 Å². The van der Waals surface area contributed by atoms with E-state index in [1.807, 2.05) is 32.9 Å². The minimum Gasteiger partial charge on any atom is -0.488 e. The van der Waals surface area contributed by atoms with Gasteiger partial charge in [-0.2, -0.15) is 0 Å². The molecule has 3 aliphatic rings. The van der Waals surface area contributed by atoms with Crippen molar-refractivity contribution in [2.75, 3.05) is 34.5 Å². The number of methoxy groups -OCH3 is 3. The van der Waals surface area contributed by atoms with Crippen molar-refractivity contribution >= 4 is 45.8 Å². The second-order valence-corrected chi connectivity index (χ2v) is 17.0. The number of imidazole rings is 2. The number of hydrogen-bond donors (Lipinski definition) is 5. The van der Waals surface area contributed by atoms with Gasteiger partial charge in [-0.15, -0.1) is 0 Å². The van der Waals surface area contributed by atoms with Crippen molar-refractivity contribution in [1.82, 2.24) is 40.4 Å². The summed E-state index contributed by atoms with van der Waals surface area (Å²) in [5.74, 6) is 1.32. The summed E-state index contributed by atoms with van der Waals surface area (Å²) < 4.78 is 22.2. The molecule has 4 amide bonds. The van der Waals surface area contributed by atoms with Gasteiger partial charge in [0.25, 0.3) is 0 Å². The maximum atomic E-state index is 14.1. The van der Waals surface area contributed by atoms with Gasteiger partial charge in [-0.1, -0.05) is 32.0 Å². The number of rotatable bonds is 12. The average molecular weight is 851 g/mol. The average Bonchev–Trinajstić information content (AvgIpc) is 4.09. The molecule has 0 saturated carbocycles. The van der Waals surface area contributed by atoms with E-state index in [4.69, 9.17) is 28.9 Å². The monoisotopic (exact) mass is 850 g/mol. The number of carboxylic acid groups (broad SMARTS) is 1. The summed E-state index contributed by atoms with van der Waals surface area (Å²) in [4.78, 5) is 71.9. The molecular weight excluding hydrogens is 797 g/mol. The second-order valence-electron chi connectivity index (χ2n) is 17.0. The molecule has 2 unspecified atom stereocenters. The number of carbonyl (C=O) groups is 4. The highest BCUT2D eigenvalue weighted by molar-refractivity contribution is 6.07. The Morgan fingerprint density at radius 3 is 2.47 bits per heavy atom. The summed E-state index contributed by atoms with van der Waals surface area (Å²) in [7, 11) is 4.38. The van der Waals surface area contributed by atoms with E-state index >= 15 is 0 Å². The zero-order valence-electron chi connectivity index (χ0n) is 36.0. The number of nitrogens with one attached hydrogen (secondary N) is 4. The van der Waals surface area contributed by atoms with Gasteiger partial charge in [-0.3, -0.25) is 9.59 Å². The predicted octanol–water partition coefficient (Wildman–Crippen LogP) is 6.31. The molecule has 17 heteroatoms. The largest absolute Gasteiger partial charge is 0.488 e. The minimum absolute atomic E-state index is 0.0521. The molecule has 0 bridgehead atoms. The van der Waals surface area contributed by atoms with E-state index in [-0.39, 0.29) is 35.7 Å². The summed E-state index contributed by atoms with van der Waals surface area (Å²) in [6.07, 6.45) is 1.33. The van der Waals surface area contributed by atoms with E-state index in [0.29, 0.717) is 44.2 Å². The molecule has 0 aliphatic carbocycles. The molecule has 2 saturated heterocycles. The number of likely N-dealkylation sites (tertiary alicyclic amines) is 2. The first-order valence-corrected chi connectivity index (χ1v) is 21.1. The molecule has 5 aromatic rings. The molecule has 5 heterocycles. The molecule has 8 rings (SSSR count). The Morgan fingerprint density at radius 2 is 1.74 bits per heavy atom. The maximum Gasteiger partial charge on any atom is 0.407 e. The van der Waals surface area contributed by atoms with Crippen LogP contribution < -0.4 is 15.4 Å². The number of aromatic nitrogens is 4. The number of H-pyrrole nitrogens is 2. The first-order chi connectivity index (χ1) is 29.8. The molecule has 5 N–H and O–H groups in total. The highest BCUT2D eigenvalue weighted by Gasteiger charge is 2.43. The number of alkyl carbamates (subject to hydrolysis) is 1. The van der Waals surface area contributed by atoms with Crippen molar-refractivity contribution < 1.29 is 43.2 Å². The Balaban J connectivity index is 1.06. The number of aromatic amines is 2. The van der Waals surface area contributed by atoms with Crippen molar-refractivity contribution in [1.29, 1.82) is 0 Å². The smallest absolute Gasteiger partial charge is 0.407 e. The van der Waals surface area contributed by atoms with Gasteiger partial charge in [0.15, 0.2) is 0 Å². The van der Waals surface area contributed by atoms with Gasteiger partial charge in [-0.25, -0.2) is 19.6 Å². The van der Waals surface area contributed by atoms with E-state index in [0.717, 1.165) is 61.9 Å². The number of hydrogen-bond acceptors (Lipinski definition) is 10. The lowest BCUT2D eigenvalue weighted by Gasteiger charge is -2.32. The SMILES string of the molecule is COCC1C[C@@H](c2nc3c(ccc4cc5c(cc43)OCc3cc(-c4cnc([C@@H]6CCC(C)N6C(=O)[C@@H](NC(=O)O)C(C)C)[nH]4)ccc3-5)[nH]2)N(C(=O)[C@@H](NC(=O)OC)[C@@H](C)OC)C1. The van der Waals surface area contributed by atoms with E-state index in [1.165, 1.54) is 14.2 Å². The normalized spacial score (nSPS) is 21.0. The molecule has 62 heavy (non-hydrogen) atoms. The van der Waals surface area contributed by atoms with Crippen LogP contribution in [0, 0.1) is 11.8 Å². The summed E-state index contributed by atoms with van der Waals surface area (Å²) >= 11 is 0. The topological polar surface area (TPSA) is 213 Å². The Bertz CT molecular complexity index is 2520. The second kappa shape index (κ2) is 17.3. The first kappa shape index (κ1) is 42.5. The molecule has 3 aromatic carbocycles. The number of amides is 4. The predicted molar refractivity (Wildman–Crippen MR) is 229 cm³/mol. The fraction of sp³-hybridized carbons (Fsp3) is 0.467. The van der Waals surface area contributed by atoms with Crippen LogP contribution in [0.3, 0.4) is 0 Å². The van der Waals surface area contributed by atoms with Crippen molar-refractivity contribution in [2.24, 2.45) is 11.8 Å². The van der Waals surface area contributed by atoms with Crippen LogP contribution in [0.1, 0.15) is 76.3 Å². The minimum atomic E-state index is -1.23. The maximum absolute atomic E-state index is 14.1. The third-order valence-corrected chi connectivity index (χ3v) is 12.7. The van der Waals surface area contributed by atoms with Crippen molar-refractivity contribution in [2.45, 2.75) is 89.9 Å². The summed E-state index contributed by atoms with van der Waals surface area (Å²) in [6, 6.07) is 11.8. The van der Waals surface area contributed by atoms with E-state index in [2.05, 4.69) is 50.9 Å². The zero-order chi connectivity index (χ0) is 44.0.